The highest BCUT2D eigenvalue weighted by Crippen LogP contribution is 2.64. The van der Waals surface area contributed by atoms with Crippen LogP contribution in [0, 0.1) is 40.4 Å². The molecule has 2 aromatic carbocycles. The van der Waals surface area contributed by atoms with Crippen molar-refractivity contribution in [3.05, 3.63) is 53.1 Å². The third-order valence-electron chi connectivity index (χ3n) is 11.2. The van der Waals surface area contributed by atoms with Crippen molar-refractivity contribution in [2.45, 2.75) is 92.6 Å². The van der Waals surface area contributed by atoms with Crippen LogP contribution < -0.4 is 0 Å². The first-order valence-corrected chi connectivity index (χ1v) is 16.7. The van der Waals surface area contributed by atoms with E-state index >= 15 is 0 Å². The number of aryl methyl sites for hydroxylation is 1. The van der Waals surface area contributed by atoms with Gasteiger partial charge in [-0.25, -0.2) is 0 Å². The Labute approximate surface area is 276 Å². The lowest BCUT2D eigenvalue weighted by molar-refractivity contribution is -0.205. The van der Waals surface area contributed by atoms with Gasteiger partial charge in [-0.15, -0.1) is 0 Å². The predicted octanol–water partition coefficient (Wildman–Crippen LogP) is 5.70. The molecule has 0 aromatic heterocycles. The molecule has 250 valence electrons. The van der Waals surface area contributed by atoms with Gasteiger partial charge in [0.25, 0.3) is 0 Å². The number of phenolic OH excluding ortho intramolecular Hbond substituents is 1. The first-order chi connectivity index (χ1) is 21.9. The van der Waals surface area contributed by atoms with Crippen molar-refractivity contribution >= 4 is 34.7 Å². The van der Waals surface area contributed by atoms with Crippen LogP contribution in [-0.2, 0) is 36.8 Å². The maximum absolute atomic E-state index is 14.5. The summed E-state index contributed by atoms with van der Waals surface area (Å²) in [5.74, 6) is -8.39. The maximum Gasteiger partial charge on any atom is 0.190 e. The standard InChI is InChI=1S/C39H46O8/c1-20(2)8-14-25(41)15-11-23-9-12-24(13-10-23)26-16-17-28(42)30-27(26)18-37(6)19-38(7)31(21(3)4)33(43)29(22(5)40)35(45)39(38,47)36(46)32(37)34(30)44/h9-10,12-13,16-17,20-21,29,31-32,42,47H,8,11,14-15,18-19H2,1-7H3/t29?,31?,32?,37-,38-,39+/m1/s1. The molecule has 0 saturated heterocycles. The number of rotatable bonds is 9. The van der Waals surface area contributed by atoms with Crippen LogP contribution >= 0.6 is 0 Å². The number of Topliss-reactive ketones (excluding diaryl/α,β-unsaturated/α-hetero) is 6. The van der Waals surface area contributed by atoms with Crippen molar-refractivity contribution in [3.8, 4) is 16.9 Å². The molecule has 0 heterocycles. The summed E-state index contributed by atoms with van der Waals surface area (Å²) >= 11 is 0. The fraction of sp³-hybridized carbons (Fsp3) is 0.538. The van der Waals surface area contributed by atoms with Gasteiger partial charge in [-0.05, 0) is 78.2 Å². The van der Waals surface area contributed by atoms with E-state index in [9.17, 15) is 39.0 Å². The maximum atomic E-state index is 14.5. The minimum Gasteiger partial charge on any atom is -0.507 e. The number of hydrogen-bond acceptors (Lipinski definition) is 8. The second-order valence-electron chi connectivity index (χ2n) is 15.5. The molecular weight excluding hydrogens is 596 g/mol. The zero-order valence-corrected chi connectivity index (χ0v) is 28.4. The lowest BCUT2D eigenvalue weighted by atomic mass is 9.40. The van der Waals surface area contributed by atoms with E-state index in [1.165, 1.54) is 6.07 Å². The Balaban J connectivity index is 1.55. The predicted molar refractivity (Wildman–Crippen MR) is 176 cm³/mol. The minimum atomic E-state index is -2.72. The molecule has 3 aliphatic rings. The summed E-state index contributed by atoms with van der Waals surface area (Å²) < 4.78 is 0. The van der Waals surface area contributed by atoms with Crippen molar-refractivity contribution in [1.82, 2.24) is 0 Å². The van der Waals surface area contributed by atoms with Gasteiger partial charge in [-0.3, -0.25) is 28.8 Å². The molecule has 47 heavy (non-hydrogen) atoms. The number of carbonyl (C=O) groups is 6. The monoisotopic (exact) mass is 642 g/mol. The average molecular weight is 643 g/mol. The van der Waals surface area contributed by atoms with E-state index in [4.69, 9.17) is 0 Å². The van der Waals surface area contributed by atoms with Crippen molar-refractivity contribution in [2.75, 3.05) is 0 Å². The van der Waals surface area contributed by atoms with Crippen LogP contribution in [0.1, 0.15) is 95.6 Å². The van der Waals surface area contributed by atoms with Crippen LogP contribution in [0.5, 0.6) is 5.75 Å². The number of benzene rings is 2. The number of carbonyl (C=O) groups excluding carboxylic acids is 6. The summed E-state index contributed by atoms with van der Waals surface area (Å²) in [7, 11) is 0. The Bertz CT molecular complexity index is 1680. The van der Waals surface area contributed by atoms with Gasteiger partial charge in [-0.2, -0.15) is 0 Å². The van der Waals surface area contributed by atoms with Crippen LogP contribution in [0.3, 0.4) is 0 Å². The number of ketones is 6. The molecule has 2 saturated carbocycles. The van der Waals surface area contributed by atoms with Crippen molar-refractivity contribution < 1.29 is 39.0 Å². The Morgan fingerprint density at radius 1 is 0.915 bits per heavy atom. The quantitative estimate of drug-likeness (QED) is 0.332. The second-order valence-corrected chi connectivity index (χ2v) is 15.5. The van der Waals surface area contributed by atoms with Crippen LogP contribution in [0.4, 0.5) is 0 Å². The van der Waals surface area contributed by atoms with E-state index in [0.717, 1.165) is 24.5 Å². The molecule has 2 aromatic rings. The topological polar surface area (TPSA) is 143 Å². The molecule has 0 bridgehead atoms. The van der Waals surface area contributed by atoms with Crippen LogP contribution in [0.15, 0.2) is 36.4 Å². The molecule has 2 fully saturated rings. The van der Waals surface area contributed by atoms with E-state index in [0.29, 0.717) is 36.3 Å². The largest absolute Gasteiger partial charge is 0.507 e. The third kappa shape index (κ3) is 5.33. The Morgan fingerprint density at radius 3 is 2.13 bits per heavy atom. The Morgan fingerprint density at radius 2 is 1.55 bits per heavy atom. The molecule has 6 atom stereocenters. The molecule has 5 rings (SSSR count). The van der Waals surface area contributed by atoms with E-state index in [-0.39, 0.29) is 29.9 Å². The first kappa shape index (κ1) is 34.6. The highest BCUT2D eigenvalue weighted by atomic mass is 16.3. The van der Waals surface area contributed by atoms with Gasteiger partial charge < -0.3 is 10.2 Å². The highest BCUT2D eigenvalue weighted by Gasteiger charge is 2.76. The molecule has 8 heteroatoms. The summed E-state index contributed by atoms with van der Waals surface area (Å²) in [4.78, 5) is 81.2. The SMILES string of the molecule is CC(=O)C1C(=O)C(C(C)C)[C@@]2(C)C[C@@]3(C)Cc4c(-c5ccc(CCC(=O)CCC(C)C)cc5)ccc(O)c4C(=O)C3C(=O)[C@@]2(O)C1=O. The van der Waals surface area contributed by atoms with E-state index in [1.807, 2.05) is 24.3 Å². The molecule has 3 unspecified atom stereocenters. The number of aromatic hydroxyl groups is 1. The van der Waals surface area contributed by atoms with Crippen molar-refractivity contribution in [1.29, 1.82) is 0 Å². The van der Waals surface area contributed by atoms with Gasteiger partial charge in [0.1, 0.15) is 23.2 Å². The van der Waals surface area contributed by atoms with Gasteiger partial charge in [0.15, 0.2) is 28.7 Å². The van der Waals surface area contributed by atoms with Crippen LogP contribution in [0.25, 0.3) is 11.1 Å². The van der Waals surface area contributed by atoms with Gasteiger partial charge in [0.2, 0.25) is 0 Å². The van der Waals surface area contributed by atoms with E-state index < -0.39 is 69.0 Å². The van der Waals surface area contributed by atoms with Crippen LogP contribution in [0.2, 0.25) is 0 Å². The molecule has 0 amide bonds. The third-order valence-corrected chi connectivity index (χ3v) is 11.2. The number of hydrogen-bond donors (Lipinski definition) is 2. The van der Waals surface area contributed by atoms with Gasteiger partial charge in [0, 0.05) is 24.2 Å². The van der Waals surface area contributed by atoms with E-state index in [1.54, 1.807) is 33.8 Å². The summed E-state index contributed by atoms with van der Waals surface area (Å²) in [6.45, 7) is 12.2. The lowest BCUT2D eigenvalue weighted by Crippen LogP contribution is -2.76. The molecule has 0 spiro atoms. The lowest BCUT2D eigenvalue weighted by Gasteiger charge is -2.61. The average Bonchev–Trinajstić information content (AvgIpc) is 2.97. The molecule has 2 N–H and O–H groups in total. The van der Waals surface area contributed by atoms with Gasteiger partial charge in [-0.1, -0.05) is 71.9 Å². The number of aliphatic hydroxyl groups is 1. The minimum absolute atomic E-state index is 0.00189. The summed E-state index contributed by atoms with van der Waals surface area (Å²) in [6, 6.07) is 10.9. The number of fused-ring (bicyclic) bond motifs is 3. The number of phenols is 1. The zero-order valence-electron chi connectivity index (χ0n) is 28.4. The van der Waals surface area contributed by atoms with Crippen LogP contribution in [-0.4, -0.2) is 50.5 Å². The molecule has 0 radical (unpaired) electrons. The second kappa shape index (κ2) is 12.0. The van der Waals surface area contributed by atoms with Gasteiger partial charge in [0.05, 0.1) is 11.5 Å². The summed E-state index contributed by atoms with van der Waals surface area (Å²) in [6.07, 6.45) is 2.70. The zero-order chi connectivity index (χ0) is 34.8. The highest BCUT2D eigenvalue weighted by molar-refractivity contribution is 6.32. The van der Waals surface area contributed by atoms with Gasteiger partial charge >= 0.3 is 0 Å². The molecule has 3 aliphatic carbocycles. The summed E-state index contributed by atoms with van der Waals surface area (Å²) in [5.41, 5.74) is -2.34. The Kier molecular flexibility index (Phi) is 8.84. The molecule has 8 nitrogen and oxygen atoms in total. The van der Waals surface area contributed by atoms with Crippen molar-refractivity contribution in [2.24, 2.45) is 40.4 Å². The molecular formula is C39H46O8. The Hall–Kier alpha value is -3.78. The molecule has 0 aliphatic heterocycles. The normalized spacial score (nSPS) is 30.3. The van der Waals surface area contributed by atoms with E-state index in [2.05, 4.69) is 13.8 Å². The summed E-state index contributed by atoms with van der Waals surface area (Å²) in [5, 5.41) is 23.2. The fourth-order valence-corrected chi connectivity index (χ4v) is 9.12. The fourth-order valence-electron chi connectivity index (χ4n) is 9.12. The first-order valence-electron chi connectivity index (χ1n) is 16.7. The smallest absolute Gasteiger partial charge is 0.190 e. The van der Waals surface area contributed by atoms with Crippen molar-refractivity contribution in [3.63, 3.8) is 0 Å².